The maximum Gasteiger partial charge on any atom is 0.253 e. The van der Waals surface area contributed by atoms with Gasteiger partial charge in [-0.15, -0.1) is 0 Å². The predicted molar refractivity (Wildman–Crippen MR) is 54.0 cm³/mol. The first-order valence-corrected chi connectivity index (χ1v) is 4.65. The highest BCUT2D eigenvalue weighted by molar-refractivity contribution is 6.34. The summed E-state index contributed by atoms with van der Waals surface area (Å²) in [6.45, 7) is 3.65. The number of halogens is 2. The molecule has 0 aliphatic heterocycles. The van der Waals surface area contributed by atoms with Crippen LogP contribution < -0.4 is 5.32 Å². The molecule has 1 aromatic rings. The fourth-order valence-corrected chi connectivity index (χ4v) is 1.23. The molecule has 0 saturated heterocycles. The molecule has 2 nitrogen and oxygen atoms in total. The van der Waals surface area contributed by atoms with Gasteiger partial charge in [-0.2, -0.15) is 0 Å². The summed E-state index contributed by atoms with van der Waals surface area (Å²) in [6.07, 6.45) is 0. The lowest BCUT2D eigenvalue weighted by Crippen LogP contribution is -2.30. The molecular weight excluding hydrogens is 205 g/mol. The van der Waals surface area contributed by atoms with Crippen molar-refractivity contribution in [2.75, 3.05) is 0 Å². The van der Waals surface area contributed by atoms with E-state index in [1.54, 1.807) is 0 Å². The van der Waals surface area contributed by atoms with Crippen LogP contribution in [0.2, 0.25) is 5.02 Å². The van der Waals surface area contributed by atoms with Crippen LogP contribution in [-0.4, -0.2) is 11.9 Å². The van der Waals surface area contributed by atoms with Crippen molar-refractivity contribution in [2.24, 2.45) is 0 Å². The molecule has 0 aliphatic rings. The number of hydrogen-bond donors (Lipinski definition) is 1. The third kappa shape index (κ3) is 2.45. The predicted octanol–water partition coefficient (Wildman–Crippen LogP) is 2.62. The molecule has 0 radical (unpaired) electrons. The van der Waals surface area contributed by atoms with Crippen molar-refractivity contribution in [3.05, 3.63) is 34.6 Å². The first-order valence-electron chi connectivity index (χ1n) is 4.27. The van der Waals surface area contributed by atoms with Crippen molar-refractivity contribution in [1.82, 2.24) is 5.32 Å². The maximum atomic E-state index is 13.0. The summed E-state index contributed by atoms with van der Waals surface area (Å²) in [5, 5.41) is 2.50. The lowest BCUT2D eigenvalue weighted by molar-refractivity contribution is 0.0943. The first-order chi connectivity index (χ1) is 6.52. The van der Waals surface area contributed by atoms with Crippen LogP contribution in [0.3, 0.4) is 0 Å². The van der Waals surface area contributed by atoms with E-state index in [0.717, 1.165) is 0 Å². The van der Waals surface area contributed by atoms with E-state index < -0.39 is 5.82 Å². The van der Waals surface area contributed by atoms with Gasteiger partial charge >= 0.3 is 0 Å². The topological polar surface area (TPSA) is 29.1 Å². The summed E-state index contributed by atoms with van der Waals surface area (Å²) in [6, 6.07) is 4.16. The zero-order valence-electron chi connectivity index (χ0n) is 7.97. The quantitative estimate of drug-likeness (QED) is 0.808. The molecule has 0 bridgehead atoms. The molecule has 0 aliphatic carbocycles. The van der Waals surface area contributed by atoms with Crippen LogP contribution in [0.5, 0.6) is 0 Å². The zero-order chi connectivity index (χ0) is 10.7. The highest BCUT2D eigenvalue weighted by Crippen LogP contribution is 2.19. The van der Waals surface area contributed by atoms with Gasteiger partial charge in [0.15, 0.2) is 0 Å². The molecule has 0 aromatic heterocycles. The SMILES string of the molecule is CC(C)NC(=O)c1cccc(F)c1Cl. The molecule has 0 heterocycles. The lowest BCUT2D eigenvalue weighted by Gasteiger charge is -2.09. The van der Waals surface area contributed by atoms with E-state index in [4.69, 9.17) is 11.6 Å². The third-order valence-electron chi connectivity index (χ3n) is 1.62. The molecule has 0 spiro atoms. The van der Waals surface area contributed by atoms with Crippen LogP contribution in [0.1, 0.15) is 24.2 Å². The van der Waals surface area contributed by atoms with Crippen LogP contribution in [0.4, 0.5) is 4.39 Å². The van der Waals surface area contributed by atoms with E-state index in [1.165, 1.54) is 18.2 Å². The molecule has 1 rings (SSSR count). The van der Waals surface area contributed by atoms with E-state index >= 15 is 0 Å². The Labute approximate surface area is 87.1 Å². The van der Waals surface area contributed by atoms with Crippen molar-refractivity contribution in [3.63, 3.8) is 0 Å². The van der Waals surface area contributed by atoms with Gasteiger partial charge in [-0.1, -0.05) is 17.7 Å². The number of carbonyl (C=O) groups is 1. The summed E-state index contributed by atoms with van der Waals surface area (Å²) < 4.78 is 13.0. The molecule has 4 heteroatoms. The van der Waals surface area contributed by atoms with Gasteiger partial charge in [-0.05, 0) is 26.0 Å². The minimum Gasteiger partial charge on any atom is -0.350 e. The van der Waals surface area contributed by atoms with Crippen LogP contribution >= 0.6 is 11.6 Å². The van der Waals surface area contributed by atoms with E-state index in [1.807, 2.05) is 13.8 Å². The van der Waals surface area contributed by atoms with Crippen LogP contribution in [0, 0.1) is 5.82 Å². The van der Waals surface area contributed by atoms with E-state index in [2.05, 4.69) is 5.32 Å². The summed E-state index contributed by atoms with van der Waals surface area (Å²) in [7, 11) is 0. The second-order valence-electron chi connectivity index (χ2n) is 3.23. The number of amides is 1. The Morgan fingerprint density at radius 2 is 2.14 bits per heavy atom. The second kappa shape index (κ2) is 4.42. The zero-order valence-corrected chi connectivity index (χ0v) is 8.73. The molecule has 0 fully saturated rings. The molecule has 76 valence electrons. The fraction of sp³-hybridized carbons (Fsp3) is 0.300. The molecule has 14 heavy (non-hydrogen) atoms. The largest absolute Gasteiger partial charge is 0.350 e. The van der Waals surface area contributed by atoms with Crippen molar-refractivity contribution in [2.45, 2.75) is 19.9 Å². The summed E-state index contributed by atoms with van der Waals surface area (Å²) in [5.74, 6) is -0.937. The standard InChI is InChI=1S/C10H11ClFNO/c1-6(2)13-10(14)7-4-3-5-8(12)9(7)11/h3-6H,1-2H3,(H,13,14). The highest BCUT2D eigenvalue weighted by atomic mass is 35.5. The Hall–Kier alpha value is -1.09. The Kier molecular flexibility index (Phi) is 3.47. The molecule has 0 unspecified atom stereocenters. The summed E-state index contributed by atoms with van der Waals surface area (Å²) in [5.41, 5.74) is 0.167. The van der Waals surface area contributed by atoms with Crippen molar-refractivity contribution < 1.29 is 9.18 Å². The molecule has 1 aromatic carbocycles. The normalized spacial score (nSPS) is 10.4. The Morgan fingerprint density at radius 1 is 1.50 bits per heavy atom. The van der Waals surface area contributed by atoms with Crippen molar-refractivity contribution in [1.29, 1.82) is 0 Å². The number of hydrogen-bond acceptors (Lipinski definition) is 1. The van der Waals surface area contributed by atoms with Gasteiger partial charge in [0, 0.05) is 6.04 Å². The summed E-state index contributed by atoms with van der Waals surface area (Å²) >= 11 is 5.64. The van der Waals surface area contributed by atoms with E-state index in [-0.39, 0.29) is 22.5 Å². The van der Waals surface area contributed by atoms with Gasteiger partial charge < -0.3 is 5.32 Å². The Balaban J connectivity index is 2.96. The first kappa shape index (κ1) is 11.0. The molecule has 1 N–H and O–H groups in total. The van der Waals surface area contributed by atoms with Gasteiger partial charge in [0.1, 0.15) is 5.82 Å². The van der Waals surface area contributed by atoms with E-state index in [9.17, 15) is 9.18 Å². The average molecular weight is 216 g/mol. The smallest absolute Gasteiger partial charge is 0.253 e. The number of carbonyl (C=O) groups excluding carboxylic acids is 1. The van der Waals surface area contributed by atoms with Crippen LogP contribution in [0.15, 0.2) is 18.2 Å². The lowest BCUT2D eigenvalue weighted by atomic mass is 10.2. The molecule has 1 amide bonds. The molecular formula is C10H11ClFNO. The van der Waals surface area contributed by atoms with Gasteiger partial charge in [-0.25, -0.2) is 4.39 Å². The Bertz CT molecular complexity index is 352. The number of nitrogens with one attached hydrogen (secondary N) is 1. The van der Waals surface area contributed by atoms with Gasteiger partial charge in [0.05, 0.1) is 10.6 Å². The van der Waals surface area contributed by atoms with Crippen LogP contribution in [0.25, 0.3) is 0 Å². The van der Waals surface area contributed by atoms with Crippen LogP contribution in [-0.2, 0) is 0 Å². The number of benzene rings is 1. The second-order valence-corrected chi connectivity index (χ2v) is 3.61. The van der Waals surface area contributed by atoms with Crippen molar-refractivity contribution >= 4 is 17.5 Å². The highest BCUT2D eigenvalue weighted by Gasteiger charge is 2.13. The fourth-order valence-electron chi connectivity index (χ4n) is 1.02. The number of rotatable bonds is 2. The van der Waals surface area contributed by atoms with Gasteiger partial charge in [0.2, 0.25) is 0 Å². The minimum atomic E-state index is -0.580. The minimum absolute atomic E-state index is 0.00170. The summed E-state index contributed by atoms with van der Waals surface area (Å²) in [4.78, 5) is 11.5. The maximum absolute atomic E-state index is 13.0. The molecule has 0 atom stereocenters. The Morgan fingerprint density at radius 3 is 2.71 bits per heavy atom. The van der Waals surface area contributed by atoms with E-state index in [0.29, 0.717) is 0 Å². The van der Waals surface area contributed by atoms with Gasteiger partial charge in [0.25, 0.3) is 5.91 Å². The average Bonchev–Trinajstić information content (AvgIpc) is 2.08. The van der Waals surface area contributed by atoms with Gasteiger partial charge in [-0.3, -0.25) is 4.79 Å². The third-order valence-corrected chi connectivity index (χ3v) is 2.00. The molecule has 0 saturated carbocycles. The monoisotopic (exact) mass is 215 g/mol. The van der Waals surface area contributed by atoms with Crippen molar-refractivity contribution in [3.8, 4) is 0 Å².